The van der Waals surface area contributed by atoms with E-state index in [2.05, 4.69) is 10.5 Å². The lowest BCUT2D eigenvalue weighted by atomic mass is 10.2. The first-order valence-corrected chi connectivity index (χ1v) is 7.03. The van der Waals surface area contributed by atoms with E-state index in [0.717, 1.165) is 0 Å². The van der Waals surface area contributed by atoms with Gasteiger partial charge < -0.3 is 14.2 Å². The lowest BCUT2D eigenvalue weighted by Crippen LogP contribution is -2.10. The van der Waals surface area contributed by atoms with Crippen molar-refractivity contribution in [1.82, 2.24) is 0 Å². The van der Waals surface area contributed by atoms with Gasteiger partial charge in [0.25, 0.3) is 0 Å². The molecule has 1 amide bonds. The zero-order chi connectivity index (χ0) is 17.4. The number of anilines is 1. The molecule has 1 N–H and O–H groups in total. The molecular weight excluding hydrogens is 312 g/mol. The molecule has 2 aromatic carbocycles. The summed E-state index contributed by atoms with van der Waals surface area (Å²) in [7, 11) is 4.66. The van der Waals surface area contributed by atoms with Crippen LogP contribution in [0.1, 0.15) is 5.56 Å². The number of amides is 1. The molecule has 0 bridgehead atoms. The number of ether oxygens (including phenoxy) is 3. The van der Waals surface area contributed by atoms with E-state index in [1.165, 1.54) is 13.3 Å². The number of benzene rings is 2. The molecule has 0 unspecified atom stereocenters. The monoisotopic (exact) mass is 330 g/mol. The van der Waals surface area contributed by atoms with Gasteiger partial charge in [0.1, 0.15) is 17.2 Å². The van der Waals surface area contributed by atoms with Crippen LogP contribution < -0.4 is 19.5 Å². The smallest absolute Gasteiger partial charge is 0.437 e. The second-order valence-corrected chi connectivity index (χ2v) is 4.57. The van der Waals surface area contributed by atoms with E-state index in [-0.39, 0.29) is 0 Å². The predicted molar refractivity (Wildman–Crippen MR) is 90.2 cm³/mol. The van der Waals surface area contributed by atoms with Crippen LogP contribution in [0.5, 0.6) is 17.2 Å². The molecule has 7 heteroatoms. The fourth-order valence-electron chi connectivity index (χ4n) is 1.89. The Balaban J connectivity index is 1.96. The van der Waals surface area contributed by atoms with E-state index >= 15 is 0 Å². The molecule has 24 heavy (non-hydrogen) atoms. The number of carbonyl (C=O) groups excluding carboxylic acids is 1. The quantitative estimate of drug-likeness (QED) is 0.499. The van der Waals surface area contributed by atoms with Crippen molar-refractivity contribution in [2.75, 3.05) is 26.6 Å². The van der Waals surface area contributed by atoms with Crippen LogP contribution in [0.25, 0.3) is 0 Å². The Hall–Kier alpha value is -3.22. The van der Waals surface area contributed by atoms with Crippen LogP contribution in [0.4, 0.5) is 10.5 Å². The Labute approximate surface area is 139 Å². The average Bonchev–Trinajstić information content (AvgIpc) is 2.62. The molecule has 0 aliphatic heterocycles. The van der Waals surface area contributed by atoms with Gasteiger partial charge in [-0.05, 0) is 42.5 Å². The highest BCUT2D eigenvalue weighted by Gasteiger charge is 2.05. The number of oxime groups is 1. The fraction of sp³-hybridized carbons (Fsp3) is 0.176. The topological polar surface area (TPSA) is 78.4 Å². The highest BCUT2D eigenvalue weighted by molar-refractivity contribution is 5.87. The highest BCUT2D eigenvalue weighted by Crippen LogP contribution is 2.22. The van der Waals surface area contributed by atoms with Crippen LogP contribution >= 0.6 is 0 Å². The maximum atomic E-state index is 11.7. The first-order valence-electron chi connectivity index (χ1n) is 7.03. The summed E-state index contributed by atoms with van der Waals surface area (Å²) in [6, 6.07) is 12.0. The number of nitrogens with one attached hydrogen (secondary N) is 1. The summed E-state index contributed by atoms with van der Waals surface area (Å²) in [5, 5.41) is 6.20. The SMILES string of the molecule is COc1ccc(NC(=O)O/N=C\c2cc(OC)ccc2OC)cc1. The van der Waals surface area contributed by atoms with E-state index in [1.54, 1.807) is 56.7 Å². The largest absolute Gasteiger partial charge is 0.497 e. The van der Waals surface area contributed by atoms with Gasteiger partial charge in [0, 0.05) is 11.3 Å². The maximum absolute atomic E-state index is 11.7. The summed E-state index contributed by atoms with van der Waals surface area (Å²) in [5.41, 5.74) is 1.18. The first-order chi connectivity index (χ1) is 11.7. The summed E-state index contributed by atoms with van der Waals surface area (Å²) in [5.74, 6) is 1.91. The van der Waals surface area contributed by atoms with Crippen molar-refractivity contribution in [3.8, 4) is 17.2 Å². The summed E-state index contributed by atoms with van der Waals surface area (Å²) >= 11 is 0. The van der Waals surface area contributed by atoms with Crippen molar-refractivity contribution in [1.29, 1.82) is 0 Å². The molecule has 0 aliphatic rings. The van der Waals surface area contributed by atoms with Crippen LogP contribution in [-0.4, -0.2) is 33.6 Å². The third kappa shape index (κ3) is 4.64. The molecule has 2 rings (SSSR count). The lowest BCUT2D eigenvalue weighted by Gasteiger charge is -2.06. The van der Waals surface area contributed by atoms with E-state index in [0.29, 0.717) is 28.5 Å². The fourth-order valence-corrected chi connectivity index (χ4v) is 1.89. The van der Waals surface area contributed by atoms with E-state index < -0.39 is 6.09 Å². The Bertz CT molecular complexity index is 713. The summed E-state index contributed by atoms with van der Waals surface area (Å²) in [6.07, 6.45) is 0.660. The minimum Gasteiger partial charge on any atom is -0.497 e. The second-order valence-electron chi connectivity index (χ2n) is 4.57. The van der Waals surface area contributed by atoms with Crippen molar-refractivity contribution in [3.63, 3.8) is 0 Å². The zero-order valence-electron chi connectivity index (χ0n) is 13.6. The number of carbonyl (C=O) groups is 1. The number of hydrogen-bond donors (Lipinski definition) is 1. The van der Waals surface area contributed by atoms with Gasteiger partial charge >= 0.3 is 6.09 Å². The number of nitrogens with zero attached hydrogens (tertiary/aromatic N) is 1. The summed E-state index contributed by atoms with van der Waals surface area (Å²) < 4.78 is 15.4. The Morgan fingerprint density at radius 3 is 2.25 bits per heavy atom. The van der Waals surface area contributed by atoms with Gasteiger partial charge in [-0.2, -0.15) is 0 Å². The van der Waals surface area contributed by atoms with Crippen molar-refractivity contribution >= 4 is 18.0 Å². The average molecular weight is 330 g/mol. The van der Waals surface area contributed by atoms with Crippen LogP contribution in [-0.2, 0) is 4.84 Å². The van der Waals surface area contributed by atoms with Gasteiger partial charge in [-0.15, -0.1) is 0 Å². The normalized spacial score (nSPS) is 10.3. The van der Waals surface area contributed by atoms with E-state index in [9.17, 15) is 4.79 Å². The van der Waals surface area contributed by atoms with Crippen molar-refractivity contribution in [2.24, 2.45) is 5.16 Å². The molecule has 0 aliphatic carbocycles. The Kier molecular flexibility index (Phi) is 6.01. The Morgan fingerprint density at radius 2 is 1.62 bits per heavy atom. The Morgan fingerprint density at radius 1 is 0.958 bits per heavy atom. The predicted octanol–water partition coefficient (Wildman–Crippen LogP) is 3.30. The molecule has 0 saturated heterocycles. The highest BCUT2D eigenvalue weighted by atomic mass is 16.7. The molecule has 7 nitrogen and oxygen atoms in total. The van der Waals surface area contributed by atoms with Gasteiger partial charge in [0.05, 0.1) is 27.5 Å². The van der Waals surface area contributed by atoms with Gasteiger partial charge in [0.2, 0.25) is 0 Å². The zero-order valence-corrected chi connectivity index (χ0v) is 13.6. The van der Waals surface area contributed by atoms with Crippen molar-refractivity contribution < 1.29 is 23.8 Å². The molecule has 0 heterocycles. The first kappa shape index (κ1) is 17.1. The number of hydrogen-bond acceptors (Lipinski definition) is 6. The molecule has 0 atom stereocenters. The molecule has 2 aromatic rings. The minimum atomic E-state index is -0.710. The molecule has 0 fully saturated rings. The number of rotatable bonds is 6. The third-order valence-corrected chi connectivity index (χ3v) is 3.10. The third-order valence-electron chi connectivity index (χ3n) is 3.10. The molecule has 0 spiro atoms. The standard InChI is InChI=1S/C17H18N2O5/c1-21-14-6-4-13(5-7-14)19-17(20)24-18-11-12-10-15(22-2)8-9-16(12)23-3/h4-11H,1-3H3,(H,19,20)/b18-11-. The van der Waals surface area contributed by atoms with E-state index in [1.807, 2.05) is 0 Å². The van der Waals surface area contributed by atoms with Crippen molar-refractivity contribution in [2.45, 2.75) is 0 Å². The molecule has 126 valence electrons. The van der Waals surface area contributed by atoms with Gasteiger partial charge in [0.15, 0.2) is 0 Å². The minimum absolute atomic E-state index is 0.565. The summed E-state index contributed by atoms with van der Waals surface area (Å²) in [4.78, 5) is 16.5. The molecule has 0 radical (unpaired) electrons. The number of methoxy groups -OCH3 is 3. The van der Waals surface area contributed by atoms with Gasteiger partial charge in [-0.3, -0.25) is 10.2 Å². The van der Waals surface area contributed by atoms with E-state index in [4.69, 9.17) is 19.0 Å². The van der Waals surface area contributed by atoms with Gasteiger partial charge in [-0.1, -0.05) is 5.16 Å². The maximum Gasteiger partial charge on any atom is 0.437 e. The molecular formula is C17H18N2O5. The molecule has 0 aromatic heterocycles. The van der Waals surface area contributed by atoms with Crippen LogP contribution in [0.2, 0.25) is 0 Å². The molecule has 0 saturated carbocycles. The second kappa shape index (κ2) is 8.42. The van der Waals surface area contributed by atoms with Crippen LogP contribution in [0, 0.1) is 0 Å². The van der Waals surface area contributed by atoms with Crippen LogP contribution in [0.15, 0.2) is 47.6 Å². The van der Waals surface area contributed by atoms with Crippen molar-refractivity contribution in [3.05, 3.63) is 48.0 Å². The van der Waals surface area contributed by atoms with Crippen LogP contribution in [0.3, 0.4) is 0 Å². The van der Waals surface area contributed by atoms with Gasteiger partial charge in [-0.25, -0.2) is 4.79 Å². The lowest BCUT2D eigenvalue weighted by molar-refractivity contribution is 0.167. The summed E-state index contributed by atoms with van der Waals surface area (Å²) in [6.45, 7) is 0.